The Morgan fingerprint density at radius 2 is 2.00 bits per heavy atom. The topological polar surface area (TPSA) is 17.1 Å². The maximum absolute atomic E-state index is 11.5. The number of carbonyl (C=O) groups excluding carboxylic acids is 1. The largest absolute Gasteiger partial charge is 0.294 e. The van der Waals surface area contributed by atoms with E-state index < -0.39 is 0 Å². The SMILES string of the molecule is [2H]c1c([2H])c(C(=O)CC)c([2H])c([2H])c1C. The molecule has 58 valence electrons. The highest BCUT2D eigenvalue weighted by atomic mass is 16.1. The van der Waals surface area contributed by atoms with Crippen LogP contribution in [0.4, 0.5) is 0 Å². The first-order valence-corrected chi connectivity index (χ1v) is 3.51. The van der Waals surface area contributed by atoms with E-state index in [9.17, 15) is 4.79 Å². The van der Waals surface area contributed by atoms with E-state index in [0.717, 1.165) is 0 Å². The third kappa shape index (κ3) is 1.90. The maximum atomic E-state index is 11.5. The summed E-state index contributed by atoms with van der Waals surface area (Å²) in [7, 11) is 0. The molecule has 11 heavy (non-hydrogen) atoms. The Balaban J connectivity index is 3.60. The van der Waals surface area contributed by atoms with Crippen LogP contribution in [-0.4, -0.2) is 5.78 Å². The average molecular weight is 152 g/mol. The summed E-state index contributed by atoms with van der Waals surface area (Å²) in [4.78, 5) is 11.5. The van der Waals surface area contributed by atoms with Crippen LogP contribution in [0.15, 0.2) is 24.2 Å². The highest BCUT2D eigenvalue weighted by Gasteiger charge is 1.99. The molecule has 0 bridgehead atoms. The van der Waals surface area contributed by atoms with Crippen LogP contribution in [0.5, 0.6) is 0 Å². The standard InChI is InChI=1S/C10H12O/c1-3-10(11)9-6-4-8(2)5-7-9/h4-7H,3H2,1-2H3/i4D,5D,6D,7D. The molecular weight excluding hydrogens is 136 g/mol. The minimum Gasteiger partial charge on any atom is -0.294 e. The van der Waals surface area contributed by atoms with Gasteiger partial charge in [0.2, 0.25) is 0 Å². The van der Waals surface area contributed by atoms with Crippen LogP contribution < -0.4 is 0 Å². The van der Waals surface area contributed by atoms with E-state index >= 15 is 0 Å². The molecule has 0 aliphatic carbocycles. The van der Waals surface area contributed by atoms with Crippen LogP contribution in [0, 0.1) is 6.92 Å². The predicted molar refractivity (Wildman–Crippen MR) is 45.8 cm³/mol. The zero-order valence-corrected chi connectivity index (χ0v) is 6.62. The van der Waals surface area contributed by atoms with Gasteiger partial charge in [-0.2, -0.15) is 0 Å². The number of rotatable bonds is 2. The van der Waals surface area contributed by atoms with Crippen molar-refractivity contribution >= 4 is 5.78 Å². The highest BCUT2D eigenvalue weighted by molar-refractivity contribution is 5.95. The number of ketones is 1. The van der Waals surface area contributed by atoms with E-state index in [0.29, 0.717) is 0 Å². The first-order valence-electron chi connectivity index (χ1n) is 5.51. The fourth-order valence-electron chi connectivity index (χ4n) is 0.691. The molecule has 0 heterocycles. The summed E-state index contributed by atoms with van der Waals surface area (Å²) in [6.45, 7) is 3.15. The fourth-order valence-corrected chi connectivity index (χ4v) is 0.691. The smallest absolute Gasteiger partial charge is 0.162 e. The van der Waals surface area contributed by atoms with Crippen molar-refractivity contribution in [3.63, 3.8) is 0 Å². The second-order valence-corrected chi connectivity index (χ2v) is 2.28. The monoisotopic (exact) mass is 152 g/mol. The van der Waals surface area contributed by atoms with E-state index in [4.69, 9.17) is 5.48 Å². The molecule has 0 saturated heterocycles. The minimum absolute atomic E-state index is 0.0990. The van der Waals surface area contributed by atoms with Gasteiger partial charge in [0.25, 0.3) is 0 Å². The van der Waals surface area contributed by atoms with Crippen LogP contribution in [0.2, 0.25) is 0 Å². The molecule has 0 aliphatic rings. The van der Waals surface area contributed by atoms with Crippen molar-refractivity contribution in [1.29, 1.82) is 0 Å². The maximum Gasteiger partial charge on any atom is 0.162 e. The van der Waals surface area contributed by atoms with Crippen LogP contribution in [0.25, 0.3) is 0 Å². The Morgan fingerprint density at radius 1 is 1.45 bits per heavy atom. The molecule has 0 unspecified atom stereocenters. The highest BCUT2D eigenvalue weighted by Crippen LogP contribution is 2.05. The van der Waals surface area contributed by atoms with Crippen LogP contribution in [0.3, 0.4) is 0 Å². The third-order valence-corrected chi connectivity index (χ3v) is 1.35. The van der Waals surface area contributed by atoms with Gasteiger partial charge >= 0.3 is 0 Å². The molecular formula is C10H12O. The number of hydrogen-bond donors (Lipinski definition) is 0. The van der Waals surface area contributed by atoms with Crippen LogP contribution in [-0.2, 0) is 0 Å². The molecule has 0 saturated carbocycles. The first kappa shape index (κ1) is 4.05. The molecule has 0 spiro atoms. The molecule has 0 amide bonds. The van der Waals surface area contributed by atoms with E-state index in [-0.39, 0.29) is 47.5 Å². The zero-order chi connectivity index (χ0) is 11.7. The summed E-state index contributed by atoms with van der Waals surface area (Å²) in [6.07, 6.45) is 0.180. The Labute approximate surface area is 72.7 Å². The third-order valence-electron chi connectivity index (χ3n) is 1.35. The zero-order valence-electron chi connectivity index (χ0n) is 10.6. The van der Waals surface area contributed by atoms with E-state index in [1.165, 1.54) is 6.92 Å². The molecule has 0 N–H and O–H groups in total. The van der Waals surface area contributed by atoms with Crippen molar-refractivity contribution in [3.8, 4) is 0 Å². The Kier molecular flexibility index (Phi) is 1.23. The Hall–Kier alpha value is -1.11. The van der Waals surface area contributed by atoms with Crippen molar-refractivity contribution < 1.29 is 10.3 Å². The second kappa shape index (κ2) is 3.33. The van der Waals surface area contributed by atoms with Gasteiger partial charge in [0, 0.05) is 12.0 Å². The van der Waals surface area contributed by atoms with E-state index in [1.54, 1.807) is 6.92 Å². The molecule has 1 rings (SSSR count). The molecule has 0 aromatic heterocycles. The molecule has 1 heteroatoms. The predicted octanol–water partition coefficient (Wildman–Crippen LogP) is 2.59. The number of carbonyl (C=O) groups is 1. The lowest BCUT2D eigenvalue weighted by atomic mass is 10.1. The first-order chi connectivity index (χ1) is 6.91. The summed E-state index contributed by atoms with van der Waals surface area (Å²) in [5.41, 5.74) is 0.177. The molecule has 0 atom stereocenters. The Morgan fingerprint density at radius 3 is 2.45 bits per heavy atom. The Bertz CT molecular complexity index is 397. The van der Waals surface area contributed by atoms with E-state index in [1.807, 2.05) is 0 Å². The van der Waals surface area contributed by atoms with Crippen LogP contribution in [0.1, 0.15) is 34.7 Å². The van der Waals surface area contributed by atoms with Crippen molar-refractivity contribution in [1.82, 2.24) is 0 Å². The van der Waals surface area contributed by atoms with Gasteiger partial charge in [-0.1, -0.05) is 36.7 Å². The normalized spacial score (nSPS) is 14.7. The second-order valence-electron chi connectivity index (χ2n) is 2.28. The summed E-state index contributed by atoms with van der Waals surface area (Å²) in [6, 6.07) is -0.735. The summed E-state index contributed by atoms with van der Waals surface area (Å²) in [5.74, 6) is -0.355. The minimum atomic E-state index is -0.355. The lowest BCUT2D eigenvalue weighted by molar-refractivity contribution is 0.0988. The lowest BCUT2D eigenvalue weighted by Crippen LogP contribution is -1.95. The summed E-state index contributed by atoms with van der Waals surface area (Å²) >= 11 is 0. The molecule has 1 nitrogen and oxygen atoms in total. The molecule has 0 fully saturated rings. The van der Waals surface area contributed by atoms with Crippen molar-refractivity contribution in [2.75, 3.05) is 0 Å². The summed E-state index contributed by atoms with van der Waals surface area (Å²) < 4.78 is 30.3. The quantitative estimate of drug-likeness (QED) is 0.595. The average Bonchev–Trinajstić information content (AvgIpc) is 2.23. The van der Waals surface area contributed by atoms with Crippen molar-refractivity contribution in [2.24, 2.45) is 0 Å². The van der Waals surface area contributed by atoms with Gasteiger partial charge in [0.1, 0.15) is 0 Å². The lowest BCUT2D eigenvalue weighted by Gasteiger charge is -1.96. The van der Waals surface area contributed by atoms with Crippen LogP contribution >= 0.6 is 0 Å². The molecule has 1 aromatic carbocycles. The number of benzene rings is 1. The van der Waals surface area contributed by atoms with Gasteiger partial charge in [-0.05, 0) is 6.92 Å². The fraction of sp³-hybridized carbons (Fsp3) is 0.300. The van der Waals surface area contributed by atoms with Gasteiger partial charge in [-0.25, -0.2) is 0 Å². The van der Waals surface area contributed by atoms with Crippen molar-refractivity contribution in [2.45, 2.75) is 20.3 Å². The molecule has 1 aromatic rings. The van der Waals surface area contributed by atoms with Gasteiger partial charge in [-0.3, -0.25) is 4.79 Å². The molecule has 0 radical (unpaired) electrons. The number of hydrogen-bond acceptors (Lipinski definition) is 1. The van der Waals surface area contributed by atoms with Crippen molar-refractivity contribution in [3.05, 3.63) is 35.3 Å². The van der Waals surface area contributed by atoms with E-state index in [2.05, 4.69) is 0 Å². The van der Waals surface area contributed by atoms with Gasteiger partial charge in [0.15, 0.2) is 5.78 Å². The van der Waals surface area contributed by atoms with Gasteiger partial charge in [0.05, 0.1) is 5.48 Å². The molecule has 0 aliphatic heterocycles. The number of Topliss-reactive ketones (excluding diaryl/α,β-unsaturated/α-hetero) is 1. The van der Waals surface area contributed by atoms with Gasteiger partial charge in [-0.15, -0.1) is 0 Å². The summed E-state index contributed by atoms with van der Waals surface area (Å²) in [5, 5.41) is 0. The van der Waals surface area contributed by atoms with Gasteiger partial charge < -0.3 is 0 Å².